The summed E-state index contributed by atoms with van der Waals surface area (Å²) in [5, 5.41) is 43.4. The van der Waals surface area contributed by atoms with E-state index in [0.29, 0.717) is 19.3 Å². The Hall–Kier alpha value is -1.21. The number of allylic oxidation sites excluding steroid dienone is 4. The lowest BCUT2D eigenvalue weighted by atomic mass is 10.00. The summed E-state index contributed by atoms with van der Waals surface area (Å²) in [6.07, 6.45) is 40.8. The van der Waals surface area contributed by atoms with E-state index in [1.165, 1.54) is 135 Å². The average molecular weight is 680 g/mol. The fourth-order valence-electron chi connectivity index (χ4n) is 6.30. The van der Waals surface area contributed by atoms with Crippen LogP contribution in [-0.2, 0) is 4.79 Å². The Labute approximate surface area is 297 Å². The van der Waals surface area contributed by atoms with E-state index in [1.54, 1.807) is 0 Å². The number of rotatable bonds is 37. The highest BCUT2D eigenvalue weighted by Crippen LogP contribution is 2.15. The van der Waals surface area contributed by atoms with Crippen LogP contribution in [0.4, 0.5) is 0 Å². The molecule has 284 valence electrons. The van der Waals surface area contributed by atoms with Crippen LogP contribution in [0.5, 0.6) is 0 Å². The van der Waals surface area contributed by atoms with Gasteiger partial charge in [-0.15, -0.1) is 0 Å². The van der Waals surface area contributed by atoms with E-state index >= 15 is 0 Å². The first-order valence-corrected chi connectivity index (χ1v) is 20.7. The second kappa shape index (κ2) is 37.1. The van der Waals surface area contributed by atoms with Crippen molar-refractivity contribution < 1.29 is 25.2 Å². The lowest BCUT2D eigenvalue weighted by molar-refractivity contribution is -0.132. The van der Waals surface area contributed by atoms with Crippen molar-refractivity contribution in [3.05, 3.63) is 24.3 Å². The molecule has 6 nitrogen and oxygen atoms in total. The van der Waals surface area contributed by atoms with Crippen molar-refractivity contribution in [3.8, 4) is 0 Å². The van der Waals surface area contributed by atoms with Crippen LogP contribution < -0.4 is 5.32 Å². The highest BCUT2D eigenvalue weighted by Gasteiger charge is 2.28. The first-order valence-electron chi connectivity index (χ1n) is 20.7. The maximum Gasteiger partial charge on any atom is 0.249 e. The molecular weight excluding hydrogens is 598 g/mol. The van der Waals surface area contributed by atoms with Gasteiger partial charge in [0.1, 0.15) is 12.2 Å². The zero-order valence-corrected chi connectivity index (χ0v) is 31.7. The first kappa shape index (κ1) is 46.8. The number of nitrogens with one attached hydrogen (secondary N) is 1. The molecule has 0 aromatic heterocycles. The predicted molar refractivity (Wildman–Crippen MR) is 205 cm³/mol. The lowest BCUT2D eigenvalue weighted by Crippen LogP contribution is -2.53. The maximum absolute atomic E-state index is 12.4. The standard InChI is InChI=1S/C42H81NO5/c1-3-5-7-9-11-13-14-15-16-17-18-19-20-21-22-23-24-25-26-28-29-31-33-35-39(45)41(47)38(37-44)43-42(48)40(46)36-34-32-30-27-12-10-8-6-4-2/h23-24,28-29,38-41,44-47H,3-22,25-27,30-37H2,1-2H3,(H,43,48)/b24-23+,29-28+. The molecular formula is C42H81NO5. The van der Waals surface area contributed by atoms with Gasteiger partial charge in [-0.05, 0) is 51.4 Å². The summed E-state index contributed by atoms with van der Waals surface area (Å²) in [5.41, 5.74) is 0. The number of unbranched alkanes of at least 4 members (excludes halogenated alkanes) is 24. The minimum Gasteiger partial charge on any atom is -0.394 e. The van der Waals surface area contributed by atoms with Crippen LogP contribution in [0.1, 0.15) is 206 Å². The summed E-state index contributed by atoms with van der Waals surface area (Å²) in [4.78, 5) is 12.4. The summed E-state index contributed by atoms with van der Waals surface area (Å²) < 4.78 is 0. The Morgan fingerprint density at radius 2 is 0.875 bits per heavy atom. The molecule has 4 atom stereocenters. The molecule has 0 aromatic rings. The van der Waals surface area contributed by atoms with E-state index in [1.807, 2.05) is 0 Å². The highest BCUT2D eigenvalue weighted by atomic mass is 16.3. The van der Waals surface area contributed by atoms with Crippen LogP contribution in [0, 0.1) is 0 Å². The highest BCUT2D eigenvalue weighted by molar-refractivity contribution is 5.80. The van der Waals surface area contributed by atoms with Crippen LogP contribution in [0.2, 0.25) is 0 Å². The number of carbonyl (C=O) groups excluding carboxylic acids is 1. The van der Waals surface area contributed by atoms with Crippen molar-refractivity contribution in [2.24, 2.45) is 0 Å². The number of carbonyl (C=O) groups is 1. The zero-order chi connectivity index (χ0) is 35.3. The molecule has 0 fully saturated rings. The molecule has 1 amide bonds. The van der Waals surface area contributed by atoms with Crippen molar-refractivity contribution in [1.29, 1.82) is 0 Å². The van der Waals surface area contributed by atoms with Crippen molar-refractivity contribution >= 4 is 5.91 Å². The maximum atomic E-state index is 12.4. The van der Waals surface area contributed by atoms with E-state index in [0.717, 1.165) is 38.5 Å². The van der Waals surface area contributed by atoms with Gasteiger partial charge in [-0.25, -0.2) is 0 Å². The summed E-state index contributed by atoms with van der Waals surface area (Å²) >= 11 is 0. The third-order valence-electron chi connectivity index (χ3n) is 9.64. The summed E-state index contributed by atoms with van der Waals surface area (Å²) in [7, 11) is 0. The van der Waals surface area contributed by atoms with Crippen LogP contribution in [0.25, 0.3) is 0 Å². The van der Waals surface area contributed by atoms with E-state index in [9.17, 15) is 25.2 Å². The van der Waals surface area contributed by atoms with Crippen LogP contribution in [0.15, 0.2) is 24.3 Å². The molecule has 0 spiro atoms. The zero-order valence-electron chi connectivity index (χ0n) is 31.7. The van der Waals surface area contributed by atoms with Crippen LogP contribution in [0.3, 0.4) is 0 Å². The molecule has 48 heavy (non-hydrogen) atoms. The van der Waals surface area contributed by atoms with Gasteiger partial charge in [0.15, 0.2) is 0 Å². The van der Waals surface area contributed by atoms with Crippen LogP contribution >= 0.6 is 0 Å². The Kier molecular flexibility index (Phi) is 36.1. The fourth-order valence-corrected chi connectivity index (χ4v) is 6.30. The predicted octanol–water partition coefficient (Wildman–Crippen LogP) is 10.4. The Balaban J connectivity index is 3.76. The van der Waals surface area contributed by atoms with E-state index < -0.39 is 36.9 Å². The van der Waals surface area contributed by atoms with E-state index in [-0.39, 0.29) is 0 Å². The molecule has 0 bridgehead atoms. The van der Waals surface area contributed by atoms with Gasteiger partial charge in [0.25, 0.3) is 0 Å². The second-order valence-electron chi connectivity index (χ2n) is 14.3. The topological polar surface area (TPSA) is 110 Å². The van der Waals surface area contributed by atoms with Crippen LogP contribution in [-0.4, -0.2) is 57.3 Å². The van der Waals surface area contributed by atoms with Gasteiger partial charge in [-0.2, -0.15) is 0 Å². The Bertz CT molecular complexity index is 727. The second-order valence-corrected chi connectivity index (χ2v) is 14.3. The minimum atomic E-state index is -1.28. The molecule has 0 aliphatic carbocycles. The first-order chi connectivity index (χ1) is 23.5. The molecule has 0 saturated carbocycles. The largest absolute Gasteiger partial charge is 0.394 e. The van der Waals surface area contributed by atoms with Crippen molar-refractivity contribution in [1.82, 2.24) is 5.32 Å². The molecule has 0 radical (unpaired) electrons. The van der Waals surface area contributed by atoms with Crippen molar-refractivity contribution in [2.45, 2.75) is 231 Å². The van der Waals surface area contributed by atoms with Gasteiger partial charge in [-0.3, -0.25) is 4.79 Å². The lowest BCUT2D eigenvalue weighted by Gasteiger charge is -2.27. The van der Waals surface area contributed by atoms with E-state index in [2.05, 4.69) is 43.5 Å². The third kappa shape index (κ3) is 30.8. The Morgan fingerprint density at radius 3 is 1.31 bits per heavy atom. The van der Waals surface area contributed by atoms with Gasteiger partial charge >= 0.3 is 0 Å². The SMILES string of the molecule is CCCCCCCCCCCCCCCC/C=C/CC/C=C/CCCC(O)C(O)C(CO)NC(=O)C(O)CCCCCCCCCCC. The summed E-state index contributed by atoms with van der Waals surface area (Å²) in [5.74, 6) is -0.601. The van der Waals surface area contributed by atoms with Gasteiger partial charge in [0.2, 0.25) is 5.91 Å². The molecule has 0 rings (SSSR count). The molecule has 0 aliphatic rings. The Morgan fingerprint density at radius 1 is 0.500 bits per heavy atom. The number of hydrogen-bond acceptors (Lipinski definition) is 5. The van der Waals surface area contributed by atoms with Gasteiger partial charge in [-0.1, -0.05) is 179 Å². The molecule has 6 heteroatoms. The molecule has 0 aliphatic heterocycles. The normalized spacial score (nSPS) is 14.5. The number of amides is 1. The molecule has 0 aromatic carbocycles. The molecule has 0 heterocycles. The monoisotopic (exact) mass is 680 g/mol. The minimum absolute atomic E-state index is 0.361. The van der Waals surface area contributed by atoms with Crippen molar-refractivity contribution in [3.63, 3.8) is 0 Å². The summed E-state index contributed by atoms with van der Waals surface area (Å²) in [6, 6.07) is -1.00. The van der Waals surface area contributed by atoms with Gasteiger partial charge in [0.05, 0.1) is 18.8 Å². The molecule has 4 unspecified atom stereocenters. The number of aliphatic hydroxyl groups excluding tert-OH is 4. The van der Waals surface area contributed by atoms with E-state index in [4.69, 9.17) is 0 Å². The fraction of sp³-hybridized carbons (Fsp3) is 0.881. The van der Waals surface area contributed by atoms with Crippen molar-refractivity contribution in [2.75, 3.05) is 6.61 Å². The number of hydrogen-bond donors (Lipinski definition) is 5. The average Bonchev–Trinajstić information content (AvgIpc) is 3.09. The molecule has 5 N–H and O–H groups in total. The number of aliphatic hydroxyl groups is 4. The smallest absolute Gasteiger partial charge is 0.249 e. The van der Waals surface area contributed by atoms with Gasteiger partial charge in [0, 0.05) is 0 Å². The third-order valence-corrected chi connectivity index (χ3v) is 9.64. The quantitative estimate of drug-likeness (QED) is 0.0332. The molecule has 0 saturated heterocycles. The summed E-state index contributed by atoms with van der Waals surface area (Å²) in [6.45, 7) is 4.00. The van der Waals surface area contributed by atoms with Gasteiger partial charge < -0.3 is 25.7 Å².